The van der Waals surface area contributed by atoms with Gasteiger partial charge in [0.25, 0.3) is 17.0 Å². The van der Waals surface area contributed by atoms with Crippen molar-refractivity contribution in [2.24, 2.45) is 5.92 Å². The molecule has 1 saturated carbocycles. The third-order valence-corrected chi connectivity index (χ3v) is 8.10. The van der Waals surface area contributed by atoms with Crippen LogP contribution in [0.4, 0.5) is 8.78 Å². The summed E-state index contributed by atoms with van der Waals surface area (Å²) >= 11 is 1.39. The van der Waals surface area contributed by atoms with Crippen molar-refractivity contribution < 1.29 is 22.7 Å². The standard InChI is InChI=1S/C26H32F2N4O3S/c1-16-29-20-8-5-18(13-22(20)35-16)24(33)30-19-6-3-17(4-7-19)9-11-32-12-10-23-21(14-32)31-25(36-23)34-15-26(2,27)28/h5,8,13,17,19H,3-4,6-7,9-12,14-15H2,1-2H3,(H,30,33). The summed E-state index contributed by atoms with van der Waals surface area (Å²) in [6.45, 7) is 4.72. The third kappa shape index (κ3) is 6.21. The van der Waals surface area contributed by atoms with E-state index in [-0.39, 0.29) is 11.9 Å². The van der Waals surface area contributed by atoms with Crippen molar-refractivity contribution in [3.8, 4) is 5.19 Å². The molecule has 10 heteroatoms. The lowest BCUT2D eigenvalue weighted by molar-refractivity contribution is -0.0230. The maximum absolute atomic E-state index is 13.1. The van der Waals surface area contributed by atoms with Crippen LogP contribution in [-0.4, -0.2) is 52.4 Å². The first-order chi connectivity index (χ1) is 17.2. The highest BCUT2D eigenvalue weighted by molar-refractivity contribution is 7.13. The lowest BCUT2D eigenvalue weighted by Gasteiger charge is -2.32. The first-order valence-electron chi connectivity index (χ1n) is 12.6. The zero-order valence-electron chi connectivity index (χ0n) is 20.7. The Bertz CT molecular complexity index is 1210. The molecule has 1 N–H and O–H groups in total. The lowest BCUT2D eigenvalue weighted by Crippen LogP contribution is -2.38. The third-order valence-electron chi connectivity index (χ3n) is 7.03. The Morgan fingerprint density at radius 3 is 2.86 bits per heavy atom. The van der Waals surface area contributed by atoms with Crippen molar-refractivity contribution in [3.63, 3.8) is 0 Å². The zero-order chi connectivity index (χ0) is 25.3. The number of aryl methyl sites for hydroxylation is 1. The number of nitrogens with one attached hydrogen (secondary N) is 1. The summed E-state index contributed by atoms with van der Waals surface area (Å²) in [7, 11) is 0. The molecule has 1 aliphatic heterocycles. The Kier molecular flexibility index (Phi) is 7.25. The first kappa shape index (κ1) is 25.1. The molecular weight excluding hydrogens is 486 g/mol. The van der Waals surface area contributed by atoms with Gasteiger partial charge in [-0.05, 0) is 69.2 Å². The van der Waals surface area contributed by atoms with Crippen LogP contribution < -0.4 is 10.1 Å². The van der Waals surface area contributed by atoms with Crippen LogP contribution >= 0.6 is 11.3 Å². The molecule has 3 heterocycles. The largest absolute Gasteiger partial charge is 0.464 e. The first-order valence-corrected chi connectivity index (χ1v) is 13.4. The van der Waals surface area contributed by atoms with Gasteiger partial charge in [0.1, 0.15) is 5.52 Å². The van der Waals surface area contributed by atoms with E-state index in [1.165, 1.54) is 11.3 Å². The summed E-state index contributed by atoms with van der Waals surface area (Å²) in [5.41, 5.74) is 2.96. The van der Waals surface area contributed by atoms with E-state index in [4.69, 9.17) is 9.15 Å². The number of halogens is 2. The monoisotopic (exact) mass is 518 g/mol. The Morgan fingerprint density at radius 2 is 2.08 bits per heavy atom. The molecule has 1 aromatic carbocycles. The predicted molar refractivity (Wildman–Crippen MR) is 134 cm³/mol. The van der Waals surface area contributed by atoms with E-state index < -0.39 is 12.5 Å². The van der Waals surface area contributed by atoms with E-state index in [0.29, 0.717) is 28.1 Å². The van der Waals surface area contributed by atoms with Crippen molar-refractivity contribution in [2.75, 3.05) is 19.7 Å². The number of amides is 1. The van der Waals surface area contributed by atoms with Crippen molar-refractivity contribution in [1.82, 2.24) is 20.2 Å². The number of oxazole rings is 1. The van der Waals surface area contributed by atoms with E-state index in [1.54, 1.807) is 19.1 Å². The van der Waals surface area contributed by atoms with Crippen molar-refractivity contribution in [3.05, 3.63) is 40.2 Å². The molecule has 1 aliphatic carbocycles. The van der Waals surface area contributed by atoms with Gasteiger partial charge >= 0.3 is 0 Å². The second-order valence-electron chi connectivity index (χ2n) is 10.1. The average molecular weight is 519 g/mol. The summed E-state index contributed by atoms with van der Waals surface area (Å²) in [6.07, 6.45) is 6.18. The van der Waals surface area contributed by atoms with Gasteiger partial charge in [-0.2, -0.15) is 0 Å². The molecule has 0 atom stereocenters. The Morgan fingerprint density at radius 1 is 1.28 bits per heavy atom. The summed E-state index contributed by atoms with van der Waals surface area (Å²) in [6, 6.07) is 5.58. The van der Waals surface area contributed by atoms with Crippen LogP contribution in [-0.2, 0) is 13.0 Å². The van der Waals surface area contributed by atoms with Gasteiger partial charge in [0.2, 0.25) is 0 Å². The summed E-state index contributed by atoms with van der Waals surface area (Å²) in [5, 5.41) is 3.54. The van der Waals surface area contributed by atoms with Crippen molar-refractivity contribution >= 4 is 28.3 Å². The minimum atomic E-state index is -2.86. The number of thiazole rings is 1. The summed E-state index contributed by atoms with van der Waals surface area (Å²) in [5.74, 6) is -1.68. The number of nitrogens with zero attached hydrogens (tertiary/aromatic N) is 3. The van der Waals surface area contributed by atoms with E-state index >= 15 is 0 Å². The van der Waals surface area contributed by atoms with Gasteiger partial charge in [0.15, 0.2) is 18.1 Å². The Balaban J connectivity index is 1.04. The topological polar surface area (TPSA) is 80.5 Å². The number of benzene rings is 1. The number of carbonyl (C=O) groups excluding carboxylic acids is 1. The maximum Gasteiger partial charge on any atom is 0.278 e. The van der Waals surface area contributed by atoms with Gasteiger partial charge in [-0.1, -0.05) is 11.3 Å². The molecule has 194 valence electrons. The second-order valence-corrected chi connectivity index (χ2v) is 11.2. The number of fused-ring (bicyclic) bond motifs is 2. The smallest absolute Gasteiger partial charge is 0.278 e. The van der Waals surface area contributed by atoms with Gasteiger partial charge in [0.05, 0.1) is 5.69 Å². The van der Waals surface area contributed by atoms with Crippen LogP contribution in [0.2, 0.25) is 0 Å². The number of alkyl halides is 2. The molecule has 0 spiro atoms. The van der Waals surface area contributed by atoms with Crippen LogP contribution in [0.25, 0.3) is 11.1 Å². The number of ether oxygens (including phenoxy) is 1. The second kappa shape index (κ2) is 10.4. The van der Waals surface area contributed by atoms with E-state index in [0.717, 1.165) is 81.2 Å². The number of carbonyl (C=O) groups is 1. The molecule has 36 heavy (non-hydrogen) atoms. The van der Waals surface area contributed by atoms with Crippen LogP contribution in [0.15, 0.2) is 22.6 Å². The molecular formula is C26H32F2N4O3S. The molecule has 5 rings (SSSR count). The predicted octanol–water partition coefficient (Wildman–Crippen LogP) is 5.36. The fourth-order valence-electron chi connectivity index (χ4n) is 5.08. The fourth-order valence-corrected chi connectivity index (χ4v) is 5.99. The molecule has 2 aromatic heterocycles. The molecule has 2 aliphatic rings. The molecule has 0 saturated heterocycles. The number of aromatic nitrogens is 2. The number of hydrogen-bond donors (Lipinski definition) is 1. The van der Waals surface area contributed by atoms with Crippen molar-refractivity contribution in [1.29, 1.82) is 0 Å². The Hall–Kier alpha value is -2.59. The SMILES string of the molecule is Cc1nc2ccc(C(=O)NC3CCC(CCN4CCc5sc(OCC(C)(F)F)nc5C4)CC3)cc2o1. The van der Waals surface area contributed by atoms with Crippen molar-refractivity contribution in [2.45, 2.75) is 70.9 Å². The highest BCUT2D eigenvalue weighted by Crippen LogP contribution is 2.32. The maximum atomic E-state index is 13.1. The van der Waals surface area contributed by atoms with E-state index in [1.807, 2.05) is 6.07 Å². The normalized spacial score (nSPS) is 20.9. The molecule has 0 unspecified atom stereocenters. The Labute approximate surface area is 213 Å². The highest BCUT2D eigenvalue weighted by Gasteiger charge is 2.27. The van der Waals surface area contributed by atoms with Crippen LogP contribution in [0.5, 0.6) is 5.19 Å². The number of rotatable bonds is 8. The average Bonchev–Trinajstić information content (AvgIpc) is 3.42. The van der Waals surface area contributed by atoms with E-state index in [2.05, 4.69) is 20.2 Å². The summed E-state index contributed by atoms with van der Waals surface area (Å²) in [4.78, 5) is 25.0. The quantitative estimate of drug-likeness (QED) is 0.432. The zero-order valence-corrected chi connectivity index (χ0v) is 21.5. The minimum absolute atomic E-state index is 0.0622. The number of hydrogen-bond acceptors (Lipinski definition) is 7. The van der Waals surface area contributed by atoms with Gasteiger partial charge in [0, 0.05) is 43.4 Å². The molecule has 1 fully saturated rings. The van der Waals surface area contributed by atoms with Gasteiger partial charge < -0.3 is 14.5 Å². The van der Waals surface area contributed by atoms with Gasteiger partial charge in [-0.15, -0.1) is 0 Å². The molecule has 0 bridgehead atoms. The van der Waals surface area contributed by atoms with Gasteiger partial charge in [-0.25, -0.2) is 18.7 Å². The fraction of sp³-hybridized carbons (Fsp3) is 0.577. The van der Waals surface area contributed by atoms with Crippen LogP contribution in [0, 0.1) is 12.8 Å². The van der Waals surface area contributed by atoms with Crippen LogP contribution in [0.3, 0.4) is 0 Å². The molecule has 1 amide bonds. The highest BCUT2D eigenvalue weighted by atomic mass is 32.1. The van der Waals surface area contributed by atoms with E-state index in [9.17, 15) is 13.6 Å². The molecule has 0 radical (unpaired) electrons. The lowest BCUT2D eigenvalue weighted by atomic mass is 9.84. The van der Waals surface area contributed by atoms with Gasteiger partial charge in [-0.3, -0.25) is 9.69 Å². The minimum Gasteiger partial charge on any atom is -0.464 e. The summed E-state index contributed by atoms with van der Waals surface area (Å²) < 4.78 is 36.9. The molecule has 7 nitrogen and oxygen atoms in total. The molecule has 3 aromatic rings. The van der Waals surface area contributed by atoms with Crippen LogP contribution in [0.1, 0.15) is 65.8 Å².